The smallest absolute Gasteiger partial charge is 0.403 e. The zero-order chi connectivity index (χ0) is 63.6. The number of hydrogen-bond donors (Lipinski definition) is 3. The molecule has 2 aromatic carbocycles. The lowest BCUT2D eigenvalue weighted by Gasteiger charge is -2.21. The number of esters is 4. The first-order valence-corrected chi connectivity index (χ1v) is 26.4. The van der Waals surface area contributed by atoms with Crippen molar-refractivity contribution >= 4 is 58.7 Å². The molecule has 1 aliphatic heterocycles. The Morgan fingerprint density at radius 3 is 1.29 bits per heavy atom. The van der Waals surface area contributed by atoms with Crippen LogP contribution in [0.3, 0.4) is 0 Å². The number of carbonyl (C=O) groups excluding carboxylic acids is 7. The summed E-state index contributed by atoms with van der Waals surface area (Å²) in [5, 5.41) is 28.4. The first-order chi connectivity index (χ1) is 39.8. The average Bonchev–Trinajstić information content (AvgIpc) is 2.01. The van der Waals surface area contributed by atoms with Crippen molar-refractivity contribution in [2.75, 3.05) is 137 Å². The van der Waals surface area contributed by atoms with Gasteiger partial charge in [0, 0.05) is 85.6 Å². The first kappa shape index (κ1) is 74.1. The van der Waals surface area contributed by atoms with Gasteiger partial charge in [-0.25, -0.2) is 14.4 Å². The number of halogens is 1. The molecule has 0 atom stereocenters. The SMILES string of the molecule is CC(C)COC(=O)Cl.CCOC(=O)c1c(O)c(O)c(C(=O)N(C)C)n1-c1ccc(OC)cc1.CCOC(=O)c1c(OC(=O)CCOC)c(OC(=O)CCOC)c(C(=O)N(C)C)n1-c1ccc(OC)cc1.CN1CCOCC1.COCCC(=O)O. The molecule has 2 amide bonds. The molecule has 0 saturated carbocycles. The van der Waals surface area contributed by atoms with Crippen molar-refractivity contribution in [2.45, 2.75) is 47.0 Å². The number of aromatic hydroxyl groups is 2. The lowest BCUT2D eigenvalue weighted by Crippen LogP contribution is -2.32. The highest BCUT2D eigenvalue weighted by molar-refractivity contribution is 6.61. The number of rotatable bonds is 23. The number of carboxylic acid groups (broad SMARTS) is 1. The third kappa shape index (κ3) is 24.5. The third-order valence-electron chi connectivity index (χ3n) is 10.8. The Morgan fingerprint density at radius 1 is 0.583 bits per heavy atom. The maximum atomic E-state index is 13.4. The Hall–Kier alpha value is -7.95. The molecule has 2 aromatic heterocycles. The summed E-state index contributed by atoms with van der Waals surface area (Å²) in [6.07, 6.45) is -0.234. The zero-order valence-electron chi connectivity index (χ0n) is 50.1. The summed E-state index contributed by atoms with van der Waals surface area (Å²) in [4.78, 5) is 101. The highest BCUT2D eigenvalue weighted by Gasteiger charge is 2.38. The van der Waals surface area contributed by atoms with Crippen LogP contribution in [-0.2, 0) is 47.5 Å². The summed E-state index contributed by atoms with van der Waals surface area (Å²) in [6.45, 7) is 12.0. The van der Waals surface area contributed by atoms with E-state index in [0.29, 0.717) is 42.0 Å². The van der Waals surface area contributed by atoms with E-state index in [1.807, 2.05) is 13.8 Å². The number of aliphatic carboxylic acids is 1. The van der Waals surface area contributed by atoms with Gasteiger partial charge in [0.25, 0.3) is 11.8 Å². The summed E-state index contributed by atoms with van der Waals surface area (Å²) >= 11 is 4.86. The Kier molecular flexibility index (Phi) is 34.8. The van der Waals surface area contributed by atoms with Crippen molar-refractivity contribution in [3.05, 3.63) is 71.3 Å². The number of benzene rings is 2. The Bertz CT molecular complexity index is 2720. The Morgan fingerprint density at radius 2 is 0.964 bits per heavy atom. The Labute approximate surface area is 493 Å². The van der Waals surface area contributed by atoms with E-state index in [9.17, 15) is 48.6 Å². The van der Waals surface area contributed by atoms with Gasteiger partial charge in [0.1, 0.15) is 11.5 Å². The molecule has 84 heavy (non-hydrogen) atoms. The first-order valence-electron chi connectivity index (χ1n) is 26.0. The largest absolute Gasteiger partial charge is 0.503 e. The Balaban J connectivity index is 0.000000634. The van der Waals surface area contributed by atoms with Gasteiger partial charge in [-0.15, -0.1) is 0 Å². The second-order valence-electron chi connectivity index (χ2n) is 18.1. The van der Waals surface area contributed by atoms with Gasteiger partial charge < -0.3 is 82.1 Å². The van der Waals surface area contributed by atoms with Gasteiger partial charge in [-0.05, 0) is 75.3 Å². The number of likely N-dealkylation sites (N-methyl/N-ethyl adjacent to an activating group) is 1. The van der Waals surface area contributed by atoms with E-state index in [2.05, 4.69) is 21.4 Å². The minimum atomic E-state index is -0.903. The van der Waals surface area contributed by atoms with E-state index in [1.54, 1.807) is 62.4 Å². The monoisotopic (exact) mass is 1210 g/mol. The van der Waals surface area contributed by atoms with Gasteiger partial charge in [0.05, 0.1) is 86.3 Å². The fourth-order valence-corrected chi connectivity index (χ4v) is 6.67. The molecule has 1 fully saturated rings. The van der Waals surface area contributed by atoms with Gasteiger partial charge in [-0.3, -0.25) is 33.1 Å². The number of carboxylic acids is 1. The molecule has 468 valence electrons. The van der Waals surface area contributed by atoms with Crippen LogP contribution in [0.5, 0.6) is 34.5 Å². The standard InChI is InChI=1S/C25H32N2O10.C17H20N2O6.C5H9ClO2.C5H11NO.C4H8O3/c1-7-35-25(31)21-23(37-19(29)13-15-33-5)22(36-18(28)12-14-32-4)20(24(30)26(2)3)27(21)16-8-10-17(34-6)11-9-16;1-5-25-17(23)13-15(21)14(20)12(16(22)18(2)3)19(13)10-6-8-11(24-4)9-7-10;1-4(2)3-8-5(6)7;1-6-2-4-7-5-3-6;1-7-3-2-4(5)6/h8-11H,7,12-15H2,1-6H3;6-9,20-21H,5H2,1-4H3;4H,3H2,1-2H3;2-5H2,1H3;2-3H2,1H3,(H,5,6). The van der Waals surface area contributed by atoms with Crippen LogP contribution in [0.25, 0.3) is 11.4 Å². The predicted octanol–water partition coefficient (Wildman–Crippen LogP) is 6.10. The number of ether oxygens (including phenoxy) is 11. The summed E-state index contributed by atoms with van der Waals surface area (Å²) in [6, 6.07) is 12.8. The van der Waals surface area contributed by atoms with Crippen LogP contribution >= 0.6 is 11.6 Å². The van der Waals surface area contributed by atoms with E-state index < -0.39 is 70.1 Å². The molecule has 3 N–H and O–H groups in total. The number of hydrogen-bond acceptors (Lipinski definition) is 22. The van der Waals surface area contributed by atoms with Crippen molar-refractivity contribution in [2.24, 2.45) is 5.92 Å². The molecular formula is C56H80ClN5O22. The normalized spacial score (nSPS) is 11.5. The number of carbonyl (C=O) groups is 8. The number of amides is 2. The van der Waals surface area contributed by atoms with Crippen molar-refractivity contribution in [1.29, 1.82) is 0 Å². The van der Waals surface area contributed by atoms with Gasteiger partial charge >= 0.3 is 35.3 Å². The fourth-order valence-electron chi connectivity index (χ4n) is 6.61. The molecule has 4 aromatic rings. The highest BCUT2D eigenvalue weighted by Crippen LogP contribution is 2.43. The summed E-state index contributed by atoms with van der Waals surface area (Å²) in [5.74, 6) is -6.11. The summed E-state index contributed by atoms with van der Waals surface area (Å²) in [5.41, 5.74) is -1.12. The number of methoxy groups -OCH3 is 5. The molecule has 1 saturated heterocycles. The highest BCUT2D eigenvalue weighted by atomic mass is 35.5. The molecule has 0 aliphatic carbocycles. The summed E-state index contributed by atoms with van der Waals surface area (Å²) in [7, 11) is 15.4. The van der Waals surface area contributed by atoms with Crippen LogP contribution in [0.2, 0.25) is 0 Å². The third-order valence-corrected chi connectivity index (χ3v) is 10.9. The maximum absolute atomic E-state index is 13.4. The molecule has 1 aliphatic rings. The van der Waals surface area contributed by atoms with Crippen molar-refractivity contribution in [3.63, 3.8) is 0 Å². The van der Waals surface area contributed by atoms with Crippen LogP contribution in [-0.4, -0.2) is 223 Å². The lowest BCUT2D eigenvalue weighted by atomic mass is 10.2. The summed E-state index contributed by atoms with van der Waals surface area (Å²) < 4.78 is 57.8. The topological polar surface area (TPSA) is 318 Å². The van der Waals surface area contributed by atoms with E-state index in [-0.39, 0.29) is 68.5 Å². The molecule has 0 spiro atoms. The van der Waals surface area contributed by atoms with E-state index in [1.165, 1.54) is 82.7 Å². The van der Waals surface area contributed by atoms with Crippen molar-refractivity contribution < 1.29 is 106 Å². The van der Waals surface area contributed by atoms with E-state index in [0.717, 1.165) is 26.3 Å². The minimum Gasteiger partial charge on any atom is -0.503 e. The van der Waals surface area contributed by atoms with Crippen LogP contribution in [0.1, 0.15) is 88.9 Å². The molecule has 28 heteroatoms. The maximum Gasteiger partial charge on any atom is 0.403 e. The quantitative estimate of drug-likeness (QED) is 0.0429. The fraction of sp³-hybridized carbons (Fsp3) is 0.500. The molecule has 0 bridgehead atoms. The van der Waals surface area contributed by atoms with Crippen molar-refractivity contribution in [3.8, 4) is 45.9 Å². The number of morpholine rings is 1. The van der Waals surface area contributed by atoms with Gasteiger partial charge in [0.15, 0.2) is 34.3 Å². The van der Waals surface area contributed by atoms with Gasteiger partial charge in [-0.1, -0.05) is 13.8 Å². The minimum absolute atomic E-state index is 0.0103. The number of aromatic nitrogens is 2. The van der Waals surface area contributed by atoms with Gasteiger partial charge in [0.2, 0.25) is 11.5 Å². The second kappa shape index (κ2) is 39.5. The average molecular weight is 1210 g/mol. The molecular weight excluding hydrogens is 1130 g/mol. The van der Waals surface area contributed by atoms with Crippen LogP contribution in [0, 0.1) is 5.92 Å². The van der Waals surface area contributed by atoms with Crippen LogP contribution in [0.15, 0.2) is 48.5 Å². The van der Waals surface area contributed by atoms with Crippen molar-refractivity contribution in [1.82, 2.24) is 23.8 Å². The van der Waals surface area contributed by atoms with Gasteiger partial charge in [-0.2, -0.15) is 0 Å². The molecule has 27 nitrogen and oxygen atoms in total. The lowest BCUT2D eigenvalue weighted by molar-refractivity contribution is -0.138. The predicted molar refractivity (Wildman–Crippen MR) is 305 cm³/mol. The molecule has 5 rings (SSSR count). The molecule has 3 heterocycles. The second-order valence-corrected chi connectivity index (χ2v) is 18.4. The molecule has 0 unspecified atom stereocenters. The zero-order valence-corrected chi connectivity index (χ0v) is 50.9. The van der Waals surface area contributed by atoms with Crippen LogP contribution in [0.4, 0.5) is 4.79 Å². The molecule has 0 radical (unpaired) electrons. The van der Waals surface area contributed by atoms with Crippen LogP contribution < -0.4 is 18.9 Å². The van der Waals surface area contributed by atoms with E-state index >= 15 is 0 Å². The number of nitrogens with zero attached hydrogens (tertiary/aromatic N) is 5. The van der Waals surface area contributed by atoms with E-state index in [4.69, 9.17) is 59.3 Å².